The van der Waals surface area contributed by atoms with Crippen molar-refractivity contribution in [3.8, 4) is 5.69 Å². The van der Waals surface area contributed by atoms with E-state index in [4.69, 9.17) is 0 Å². The van der Waals surface area contributed by atoms with Crippen molar-refractivity contribution in [2.24, 2.45) is 0 Å². The molecule has 2 aromatic carbocycles. The summed E-state index contributed by atoms with van der Waals surface area (Å²) in [5, 5.41) is 11.6. The van der Waals surface area contributed by atoms with Crippen LogP contribution in [0.4, 0.5) is 0 Å². The molecule has 0 fully saturated rings. The van der Waals surface area contributed by atoms with Gasteiger partial charge in [0.15, 0.2) is 0 Å². The van der Waals surface area contributed by atoms with E-state index < -0.39 is 0 Å². The van der Waals surface area contributed by atoms with Crippen LogP contribution in [0.15, 0.2) is 73.4 Å². The Kier molecular flexibility index (Phi) is 5.47. The summed E-state index contributed by atoms with van der Waals surface area (Å²) in [4.78, 5) is 16.8. The average Bonchev–Trinajstić information content (AvgIpc) is 3.42. The first-order chi connectivity index (χ1) is 14.2. The first-order valence-electron chi connectivity index (χ1n) is 9.55. The van der Waals surface area contributed by atoms with Crippen LogP contribution >= 0.6 is 0 Å². The third-order valence-corrected chi connectivity index (χ3v) is 4.70. The van der Waals surface area contributed by atoms with Crippen molar-refractivity contribution in [2.45, 2.75) is 26.4 Å². The molecule has 29 heavy (non-hydrogen) atoms. The van der Waals surface area contributed by atoms with E-state index in [0.29, 0.717) is 25.1 Å². The number of carbonyl (C=O) groups excluding carboxylic acids is 1. The molecule has 0 saturated heterocycles. The minimum Gasteiger partial charge on any atom is -0.348 e. The predicted molar refractivity (Wildman–Crippen MR) is 110 cm³/mol. The average molecular weight is 386 g/mol. The van der Waals surface area contributed by atoms with Crippen molar-refractivity contribution in [2.75, 3.05) is 0 Å². The number of hydrogen-bond donors (Lipinski definition) is 1. The van der Waals surface area contributed by atoms with Gasteiger partial charge in [-0.1, -0.05) is 49.4 Å². The standard InChI is InChI=1S/C22H22N6O/c1-2-21-20(13-25-28(21)19-9-4-3-5-10-19)22(29)24-12-17-7-6-8-18(11-17)14-27-16-23-15-26-27/h3-11,13,15-16H,2,12,14H2,1H3,(H,24,29). The van der Waals surface area contributed by atoms with E-state index >= 15 is 0 Å². The van der Waals surface area contributed by atoms with Gasteiger partial charge in [-0.2, -0.15) is 10.2 Å². The minimum absolute atomic E-state index is 0.120. The lowest BCUT2D eigenvalue weighted by atomic mass is 10.1. The summed E-state index contributed by atoms with van der Waals surface area (Å²) in [7, 11) is 0. The van der Waals surface area contributed by atoms with Gasteiger partial charge >= 0.3 is 0 Å². The van der Waals surface area contributed by atoms with Crippen LogP contribution in [-0.2, 0) is 19.5 Å². The number of para-hydroxylation sites is 1. The highest BCUT2D eigenvalue weighted by atomic mass is 16.1. The number of hydrogen-bond acceptors (Lipinski definition) is 4. The van der Waals surface area contributed by atoms with E-state index in [9.17, 15) is 4.79 Å². The van der Waals surface area contributed by atoms with Crippen LogP contribution in [0, 0.1) is 0 Å². The van der Waals surface area contributed by atoms with Gasteiger partial charge in [-0.3, -0.25) is 4.79 Å². The molecule has 0 aliphatic heterocycles. The molecule has 0 saturated carbocycles. The molecule has 1 amide bonds. The molecule has 2 aromatic heterocycles. The fourth-order valence-electron chi connectivity index (χ4n) is 3.31. The first-order valence-corrected chi connectivity index (χ1v) is 9.55. The van der Waals surface area contributed by atoms with Crippen LogP contribution in [0.1, 0.15) is 34.1 Å². The summed E-state index contributed by atoms with van der Waals surface area (Å²) >= 11 is 0. The Morgan fingerprint density at radius 3 is 2.62 bits per heavy atom. The molecule has 0 unspecified atom stereocenters. The lowest BCUT2D eigenvalue weighted by Crippen LogP contribution is -2.24. The highest BCUT2D eigenvalue weighted by Gasteiger charge is 2.17. The molecule has 1 N–H and O–H groups in total. The largest absolute Gasteiger partial charge is 0.348 e. The van der Waals surface area contributed by atoms with Crippen LogP contribution in [0.3, 0.4) is 0 Å². The highest BCUT2D eigenvalue weighted by molar-refractivity contribution is 5.95. The Balaban J connectivity index is 1.46. The second kappa shape index (κ2) is 8.52. The Hall–Kier alpha value is -3.74. The van der Waals surface area contributed by atoms with Gasteiger partial charge in [0.2, 0.25) is 0 Å². The summed E-state index contributed by atoms with van der Waals surface area (Å²) in [6.45, 7) is 3.12. The first kappa shape index (κ1) is 18.6. The number of rotatable bonds is 7. The molecule has 146 valence electrons. The van der Waals surface area contributed by atoms with E-state index in [1.165, 1.54) is 6.33 Å². The van der Waals surface area contributed by atoms with Gasteiger partial charge in [0.1, 0.15) is 12.7 Å². The summed E-state index contributed by atoms with van der Waals surface area (Å²) in [6, 6.07) is 17.9. The van der Waals surface area contributed by atoms with E-state index in [2.05, 4.69) is 26.6 Å². The normalized spacial score (nSPS) is 10.8. The molecule has 0 aliphatic rings. The Bertz CT molecular complexity index is 1090. The lowest BCUT2D eigenvalue weighted by Gasteiger charge is -2.09. The fraction of sp³-hybridized carbons (Fsp3) is 0.182. The van der Waals surface area contributed by atoms with Crippen molar-refractivity contribution in [3.63, 3.8) is 0 Å². The van der Waals surface area contributed by atoms with Crippen molar-refractivity contribution in [1.82, 2.24) is 29.9 Å². The summed E-state index contributed by atoms with van der Waals surface area (Å²) in [6.07, 6.45) is 5.56. The van der Waals surface area contributed by atoms with Crippen LogP contribution in [0.2, 0.25) is 0 Å². The van der Waals surface area contributed by atoms with Gasteiger partial charge in [-0.05, 0) is 29.7 Å². The predicted octanol–water partition coefficient (Wildman–Crippen LogP) is 3.00. The second-order valence-electron chi connectivity index (χ2n) is 6.70. The van der Waals surface area contributed by atoms with E-state index in [1.807, 2.05) is 60.1 Å². The van der Waals surface area contributed by atoms with Crippen LogP contribution in [-0.4, -0.2) is 30.5 Å². The topological polar surface area (TPSA) is 77.6 Å². The minimum atomic E-state index is -0.120. The molecule has 0 atom stereocenters. The summed E-state index contributed by atoms with van der Waals surface area (Å²) in [5.41, 5.74) is 4.59. The van der Waals surface area contributed by atoms with Crippen LogP contribution in [0.25, 0.3) is 5.69 Å². The number of aromatic nitrogens is 5. The zero-order valence-electron chi connectivity index (χ0n) is 16.2. The SMILES string of the molecule is CCc1c(C(=O)NCc2cccc(Cn3cncn3)c2)cnn1-c1ccccc1. The molecule has 0 radical (unpaired) electrons. The number of nitrogens with one attached hydrogen (secondary N) is 1. The molecule has 4 aromatic rings. The van der Waals surface area contributed by atoms with Gasteiger partial charge < -0.3 is 5.32 Å². The van der Waals surface area contributed by atoms with Gasteiger partial charge in [0.05, 0.1) is 29.7 Å². The number of carbonyl (C=O) groups is 1. The van der Waals surface area contributed by atoms with Gasteiger partial charge in [-0.15, -0.1) is 0 Å². The molecule has 2 heterocycles. The molecule has 7 heteroatoms. The number of nitrogens with zero attached hydrogens (tertiary/aromatic N) is 5. The van der Waals surface area contributed by atoms with Gasteiger partial charge in [0.25, 0.3) is 5.91 Å². The summed E-state index contributed by atoms with van der Waals surface area (Å²) in [5.74, 6) is -0.120. The molecule has 0 aliphatic carbocycles. The monoisotopic (exact) mass is 386 g/mol. The molecule has 7 nitrogen and oxygen atoms in total. The van der Waals surface area contributed by atoms with Gasteiger partial charge in [-0.25, -0.2) is 14.3 Å². The van der Waals surface area contributed by atoms with Crippen LogP contribution in [0.5, 0.6) is 0 Å². The maximum atomic E-state index is 12.8. The Morgan fingerprint density at radius 1 is 1.03 bits per heavy atom. The summed E-state index contributed by atoms with van der Waals surface area (Å²) < 4.78 is 3.59. The van der Waals surface area contributed by atoms with Crippen molar-refractivity contribution < 1.29 is 4.79 Å². The quantitative estimate of drug-likeness (QED) is 0.530. The molecule has 4 rings (SSSR count). The van der Waals surface area contributed by atoms with Gasteiger partial charge in [0, 0.05) is 6.54 Å². The zero-order valence-corrected chi connectivity index (χ0v) is 16.2. The Morgan fingerprint density at radius 2 is 1.86 bits per heavy atom. The highest BCUT2D eigenvalue weighted by Crippen LogP contribution is 2.16. The van der Waals surface area contributed by atoms with Crippen molar-refractivity contribution >= 4 is 5.91 Å². The maximum Gasteiger partial charge on any atom is 0.255 e. The smallest absolute Gasteiger partial charge is 0.255 e. The molecule has 0 spiro atoms. The maximum absolute atomic E-state index is 12.8. The molecular formula is C22H22N6O. The molecular weight excluding hydrogens is 364 g/mol. The van der Waals surface area contributed by atoms with Crippen molar-refractivity contribution in [3.05, 3.63) is 95.8 Å². The van der Waals surface area contributed by atoms with Crippen LogP contribution < -0.4 is 5.32 Å². The zero-order chi connectivity index (χ0) is 20.1. The van der Waals surface area contributed by atoms with Crippen molar-refractivity contribution in [1.29, 1.82) is 0 Å². The van der Waals surface area contributed by atoms with E-state index in [0.717, 1.165) is 22.5 Å². The lowest BCUT2D eigenvalue weighted by molar-refractivity contribution is 0.0950. The second-order valence-corrected chi connectivity index (χ2v) is 6.70. The van der Waals surface area contributed by atoms with E-state index in [1.54, 1.807) is 17.2 Å². The Labute approximate surface area is 169 Å². The molecule has 0 bridgehead atoms. The third-order valence-electron chi connectivity index (χ3n) is 4.70. The third kappa shape index (κ3) is 4.24. The van der Waals surface area contributed by atoms with E-state index in [-0.39, 0.29) is 5.91 Å². The number of amides is 1. The fourth-order valence-corrected chi connectivity index (χ4v) is 3.31. The number of benzene rings is 2.